The first-order chi connectivity index (χ1) is 11.4. The number of nitrogens with one attached hydrogen (secondary N) is 1. The monoisotopic (exact) mass is 323 g/mol. The number of aromatic nitrogens is 3. The summed E-state index contributed by atoms with van der Waals surface area (Å²) in [5.41, 5.74) is 3.18. The van der Waals surface area contributed by atoms with E-state index in [9.17, 15) is 4.79 Å². The number of fused-ring (bicyclic) bond motifs is 1. The molecular formula is C19H21N3O2. The van der Waals surface area contributed by atoms with Crippen LogP contribution in [-0.2, 0) is 0 Å². The van der Waals surface area contributed by atoms with Gasteiger partial charge >= 0.3 is 0 Å². The fourth-order valence-electron chi connectivity index (χ4n) is 2.89. The predicted molar refractivity (Wildman–Crippen MR) is 93.6 cm³/mol. The number of rotatable bonds is 3. The van der Waals surface area contributed by atoms with Crippen molar-refractivity contribution in [3.8, 4) is 17.0 Å². The molecule has 5 nitrogen and oxygen atoms in total. The third-order valence-corrected chi connectivity index (χ3v) is 4.12. The normalized spacial score (nSPS) is 15.0. The summed E-state index contributed by atoms with van der Waals surface area (Å²) in [6, 6.07) is 9.30. The van der Waals surface area contributed by atoms with Gasteiger partial charge in [-0.2, -0.15) is 0 Å². The molecule has 0 aliphatic heterocycles. The third kappa shape index (κ3) is 2.82. The maximum atomic E-state index is 12.4. The van der Waals surface area contributed by atoms with Gasteiger partial charge in [-0.05, 0) is 63.8 Å². The number of hydrogen-bond acceptors (Lipinski definition) is 3. The molecule has 0 bridgehead atoms. The van der Waals surface area contributed by atoms with Crippen molar-refractivity contribution in [2.24, 2.45) is 0 Å². The molecule has 0 spiro atoms. The van der Waals surface area contributed by atoms with Gasteiger partial charge in [0.2, 0.25) is 0 Å². The topological polar surface area (TPSA) is 59.4 Å². The molecule has 0 radical (unpaired) electrons. The minimum absolute atomic E-state index is 0.0862. The number of benzene rings is 1. The fraction of sp³-hybridized carbons (Fsp3) is 0.368. The zero-order valence-corrected chi connectivity index (χ0v) is 14.2. The highest BCUT2D eigenvalue weighted by atomic mass is 16.5. The first kappa shape index (κ1) is 15.0. The van der Waals surface area contributed by atoms with Gasteiger partial charge in [0.05, 0.1) is 5.69 Å². The van der Waals surface area contributed by atoms with E-state index in [1.54, 1.807) is 6.07 Å². The molecule has 1 aliphatic rings. The van der Waals surface area contributed by atoms with E-state index in [0.29, 0.717) is 11.6 Å². The molecule has 0 atom stereocenters. The molecule has 0 unspecified atom stereocenters. The Bertz CT molecular complexity index is 941. The summed E-state index contributed by atoms with van der Waals surface area (Å²) in [7, 11) is 0. The molecule has 2 aromatic heterocycles. The Morgan fingerprint density at radius 1 is 1.21 bits per heavy atom. The van der Waals surface area contributed by atoms with Gasteiger partial charge in [0, 0.05) is 23.4 Å². The Labute approximate surface area is 140 Å². The second-order valence-corrected chi connectivity index (χ2v) is 7.38. The predicted octanol–water partition coefficient (Wildman–Crippen LogP) is 3.74. The van der Waals surface area contributed by atoms with Crippen LogP contribution in [0, 0.1) is 0 Å². The van der Waals surface area contributed by atoms with Gasteiger partial charge in [-0.15, -0.1) is 0 Å². The van der Waals surface area contributed by atoms with Gasteiger partial charge in [-0.1, -0.05) is 0 Å². The molecule has 1 saturated carbocycles. The van der Waals surface area contributed by atoms with Crippen molar-refractivity contribution in [3.63, 3.8) is 0 Å². The highest BCUT2D eigenvalue weighted by Gasteiger charge is 2.27. The maximum absolute atomic E-state index is 12.4. The minimum atomic E-state index is -0.234. The Balaban J connectivity index is 1.73. The Hall–Kier alpha value is -2.56. The van der Waals surface area contributed by atoms with E-state index in [2.05, 4.69) is 5.10 Å². The molecule has 4 rings (SSSR count). The van der Waals surface area contributed by atoms with E-state index < -0.39 is 0 Å². The SMILES string of the molecule is CC(C)(C)Oc1ccc(-c2cc(=O)n3[nH]cc(C4CC4)c3n2)cc1. The van der Waals surface area contributed by atoms with Gasteiger partial charge in [-0.3, -0.25) is 9.89 Å². The first-order valence-corrected chi connectivity index (χ1v) is 8.31. The van der Waals surface area contributed by atoms with E-state index in [0.717, 1.165) is 22.5 Å². The molecule has 1 aromatic carbocycles. The molecule has 1 fully saturated rings. The van der Waals surface area contributed by atoms with Crippen LogP contribution in [0.25, 0.3) is 16.9 Å². The Morgan fingerprint density at radius 3 is 2.54 bits per heavy atom. The van der Waals surface area contributed by atoms with Gasteiger partial charge in [0.15, 0.2) is 5.65 Å². The number of ether oxygens (including phenoxy) is 1. The van der Waals surface area contributed by atoms with Crippen molar-refractivity contribution in [1.29, 1.82) is 0 Å². The van der Waals surface area contributed by atoms with Crippen LogP contribution in [0.3, 0.4) is 0 Å². The molecular weight excluding hydrogens is 302 g/mol. The highest BCUT2D eigenvalue weighted by molar-refractivity contribution is 5.64. The molecule has 124 valence electrons. The molecule has 3 aromatic rings. The van der Waals surface area contributed by atoms with E-state index in [4.69, 9.17) is 9.72 Å². The van der Waals surface area contributed by atoms with Crippen LogP contribution in [0.1, 0.15) is 45.1 Å². The number of aromatic amines is 1. The third-order valence-electron chi connectivity index (χ3n) is 4.12. The molecule has 1 N–H and O–H groups in total. The smallest absolute Gasteiger partial charge is 0.273 e. The van der Waals surface area contributed by atoms with Crippen LogP contribution in [0.5, 0.6) is 5.75 Å². The average molecular weight is 323 g/mol. The van der Waals surface area contributed by atoms with Crippen molar-refractivity contribution in [1.82, 2.24) is 14.6 Å². The Morgan fingerprint density at radius 2 is 1.92 bits per heavy atom. The maximum Gasteiger partial charge on any atom is 0.273 e. The summed E-state index contributed by atoms with van der Waals surface area (Å²) in [5, 5.41) is 3.01. The standard InChI is InChI=1S/C19H21N3O2/c1-19(2,3)24-14-8-6-13(7-9-14)16-10-17(23)22-18(21-16)15(11-20-22)12-4-5-12/h6-12,20H,4-5H2,1-3H3. The highest BCUT2D eigenvalue weighted by Crippen LogP contribution is 2.41. The van der Waals surface area contributed by atoms with Crippen molar-refractivity contribution in [2.45, 2.75) is 45.1 Å². The Kier molecular flexibility index (Phi) is 3.27. The lowest BCUT2D eigenvalue weighted by Crippen LogP contribution is -2.22. The second kappa shape index (κ2) is 5.23. The summed E-state index contributed by atoms with van der Waals surface area (Å²) in [5.74, 6) is 1.35. The zero-order chi connectivity index (χ0) is 16.9. The largest absolute Gasteiger partial charge is 0.488 e. The van der Waals surface area contributed by atoms with Crippen molar-refractivity contribution < 1.29 is 4.74 Å². The molecule has 24 heavy (non-hydrogen) atoms. The van der Waals surface area contributed by atoms with E-state index in [1.807, 2.05) is 51.2 Å². The molecule has 1 aliphatic carbocycles. The van der Waals surface area contributed by atoms with Gasteiger partial charge in [0.1, 0.15) is 11.4 Å². The number of hydrogen-bond donors (Lipinski definition) is 1. The lowest BCUT2D eigenvalue weighted by molar-refractivity contribution is 0.131. The molecule has 2 heterocycles. The summed E-state index contributed by atoms with van der Waals surface area (Å²) < 4.78 is 7.36. The van der Waals surface area contributed by atoms with Crippen LogP contribution in [0.2, 0.25) is 0 Å². The summed E-state index contributed by atoms with van der Waals surface area (Å²) in [4.78, 5) is 17.1. The van der Waals surface area contributed by atoms with Crippen molar-refractivity contribution in [3.05, 3.63) is 52.4 Å². The fourth-order valence-corrected chi connectivity index (χ4v) is 2.89. The quantitative estimate of drug-likeness (QED) is 0.798. The van der Waals surface area contributed by atoms with Crippen LogP contribution in [-0.4, -0.2) is 20.2 Å². The zero-order valence-electron chi connectivity index (χ0n) is 14.2. The minimum Gasteiger partial charge on any atom is -0.488 e. The van der Waals surface area contributed by atoms with Crippen LogP contribution in [0.15, 0.2) is 41.3 Å². The van der Waals surface area contributed by atoms with Crippen LogP contribution >= 0.6 is 0 Å². The lowest BCUT2D eigenvalue weighted by atomic mass is 10.1. The molecule has 5 heteroatoms. The molecule has 0 amide bonds. The summed E-state index contributed by atoms with van der Waals surface area (Å²) >= 11 is 0. The van der Waals surface area contributed by atoms with Gasteiger partial charge in [-0.25, -0.2) is 9.50 Å². The average Bonchev–Trinajstić information content (AvgIpc) is 3.26. The molecule has 0 saturated heterocycles. The summed E-state index contributed by atoms with van der Waals surface area (Å²) in [6.07, 6.45) is 4.25. The second-order valence-electron chi connectivity index (χ2n) is 7.38. The number of nitrogens with zero attached hydrogens (tertiary/aromatic N) is 2. The van der Waals surface area contributed by atoms with Crippen LogP contribution in [0.4, 0.5) is 0 Å². The van der Waals surface area contributed by atoms with Crippen molar-refractivity contribution >= 4 is 5.65 Å². The van der Waals surface area contributed by atoms with Gasteiger partial charge in [0.25, 0.3) is 5.56 Å². The van der Waals surface area contributed by atoms with E-state index >= 15 is 0 Å². The first-order valence-electron chi connectivity index (χ1n) is 8.31. The van der Waals surface area contributed by atoms with E-state index in [-0.39, 0.29) is 11.2 Å². The van der Waals surface area contributed by atoms with E-state index in [1.165, 1.54) is 17.4 Å². The van der Waals surface area contributed by atoms with Crippen LogP contribution < -0.4 is 10.3 Å². The lowest BCUT2D eigenvalue weighted by Gasteiger charge is -2.21. The van der Waals surface area contributed by atoms with Gasteiger partial charge < -0.3 is 4.74 Å². The summed E-state index contributed by atoms with van der Waals surface area (Å²) in [6.45, 7) is 6.05. The van der Waals surface area contributed by atoms with Crippen molar-refractivity contribution in [2.75, 3.05) is 0 Å². The number of H-pyrrole nitrogens is 1.